The summed E-state index contributed by atoms with van der Waals surface area (Å²) in [7, 11) is 0. The molecular weight excluding hydrogens is 226 g/mol. The van der Waals surface area contributed by atoms with Crippen molar-refractivity contribution in [1.29, 1.82) is 0 Å². The monoisotopic (exact) mass is 251 g/mol. The number of thiophene rings is 1. The largest absolute Gasteiger partial charge is 0.309 e. The third kappa shape index (κ3) is 3.11. The Labute approximate surface area is 110 Å². The topological polar surface area (TPSA) is 12.0 Å². The van der Waals surface area contributed by atoms with Crippen molar-refractivity contribution in [3.63, 3.8) is 0 Å². The summed E-state index contributed by atoms with van der Waals surface area (Å²) in [5.41, 5.74) is 1.48. The Morgan fingerprint density at radius 1 is 1.47 bits per heavy atom. The van der Waals surface area contributed by atoms with E-state index >= 15 is 0 Å². The van der Waals surface area contributed by atoms with Crippen LogP contribution in [0.5, 0.6) is 0 Å². The lowest BCUT2D eigenvalue weighted by Gasteiger charge is -2.25. The lowest BCUT2D eigenvalue weighted by atomic mass is 9.94. The zero-order chi connectivity index (χ0) is 12.3. The second kappa shape index (κ2) is 6.01. The molecule has 1 aliphatic rings. The van der Waals surface area contributed by atoms with Crippen LogP contribution >= 0.6 is 11.3 Å². The first-order valence-electron chi connectivity index (χ1n) is 6.99. The molecule has 17 heavy (non-hydrogen) atoms. The van der Waals surface area contributed by atoms with E-state index in [1.54, 1.807) is 4.88 Å². The van der Waals surface area contributed by atoms with Crippen molar-refractivity contribution in [3.05, 3.63) is 21.9 Å². The van der Waals surface area contributed by atoms with Crippen LogP contribution in [0.2, 0.25) is 0 Å². The molecule has 2 rings (SSSR count). The van der Waals surface area contributed by atoms with Crippen LogP contribution in [0, 0.1) is 18.8 Å². The SMILES string of the molecule is CCCNC(c1sccc1C)C1CCC(C)C1. The van der Waals surface area contributed by atoms with E-state index in [1.807, 2.05) is 11.3 Å². The van der Waals surface area contributed by atoms with Crippen LogP contribution in [-0.2, 0) is 0 Å². The maximum atomic E-state index is 3.79. The van der Waals surface area contributed by atoms with E-state index in [0.717, 1.165) is 18.4 Å². The second-order valence-electron chi connectivity index (χ2n) is 5.58. The van der Waals surface area contributed by atoms with E-state index in [2.05, 4.69) is 37.5 Å². The molecule has 0 radical (unpaired) electrons. The highest BCUT2D eigenvalue weighted by molar-refractivity contribution is 7.10. The van der Waals surface area contributed by atoms with Crippen LogP contribution in [0.4, 0.5) is 0 Å². The zero-order valence-electron chi connectivity index (χ0n) is 11.3. The fraction of sp³-hybridized carbons (Fsp3) is 0.733. The van der Waals surface area contributed by atoms with Gasteiger partial charge in [-0.2, -0.15) is 0 Å². The van der Waals surface area contributed by atoms with Crippen molar-refractivity contribution in [3.8, 4) is 0 Å². The van der Waals surface area contributed by atoms with Gasteiger partial charge in [0.2, 0.25) is 0 Å². The van der Waals surface area contributed by atoms with Crippen LogP contribution in [0.25, 0.3) is 0 Å². The predicted molar refractivity (Wildman–Crippen MR) is 76.6 cm³/mol. The smallest absolute Gasteiger partial charge is 0.0446 e. The van der Waals surface area contributed by atoms with E-state index in [1.165, 1.54) is 31.2 Å². The quantitative estimate of drug-likeness (QED) is 0.810. The fourth-order valence-electron chi connectivity index (χ4n) is 3.03. The van der Waals surface area contributed by atoms with Gasteiger partial charge in [0.05, 0.1) is 0 Å². The molecule has 2 heteroatoms. The van der Waals surface area contributed by atoms with Gasteiger partial charge in [0.15, 0.2) is 0 Å². The molecule has 1 heterocycles. The molecule has 1 aliphatic carbocycles. The summed E-state index contributed by atoms with van der Waals surface area (Å²) in [6.07, 6.45) is 5.45. The van der Waals surface area contributed by atoms with Gasteiger partial charge in [-0.25, -0.2) is 0 Å². The van der Waals surface area contributed by atoms with Gasteiger partial charge >= 0.3 is 0 Å². The molecule has 1 N–H and O–H groups in total. The predicted octanol–water partition coefficient (Wildman–Crippen LogP) is 4.53. The highest BCUT2D eigenvalue weighted by Crippen LogP contribution is 2.41. The minimum Gasteiger partial charge on any atom is -0.309 e. The van der Waals surface area contributed by atoms with Crippen molar-refractivity contribution in [2.45, 2.75) is 52.5 Å². The number of nitrogens with one attached hydrogen (secondary N) is 1. The standard InChI is InChI=1S/C15H25NS/c1-4-8-16-14(13-6-5-11(2)10-13)15-12(3)7-9-17-15/h7,9,11,13-14,16H,4-6,8,10H2,1-3H3. The Hall–Kier alpha value is -0.340. The van der Waals surface area contributed by atoms with Gasteiger partial charge in [0.25, 0.3) is 0 Å². The molecule has 1 fully saturated rings. The summed E-state index contributed by atoms with van der Waals surface area (Å²) < 4.78 is 0. The van der Waals surface area contributed by atoms with E-state index in [-0.39, 0.29) is 0 Å². The summed E-state index contributed by atoms with van der Waals surface area (Å²) >= 11 is 1.93. The van der Waals surface area contributed by atoms with Gasteiger partial charge in [0, 0.05) is 10.9 Å². The molecule has 0 aromatic carbocycles. The lowest BCUT2D eigenvalue weighted by molar-refractivity contribution is 0.363. The Kier molecular flexibility index (Phi) is 4.63. The Morgan fingerprint density at radius 3 is 2.82 bits per heavy atom. The van der Waals surface area contributed by atoms with Crippen LogP contribution in [-0.4, -0.2) is 6.54 Å². The van der Waals surface area contributed by atoms with Crippen LogP contribution in [0.3, 0.4) is 0 Å². The third-order valence-corrected chi connectivity index (χ3v) is 5.11. The molecule has 3 atom stereocenters. The molecule has 0 saturated heterocycles. The molecule has 1 nitrogen and oxygen atoms in total. The maximum absolute atomic E-state index is 3.79. The number of hydrogen-bond acceptors (Lipinski definition) is 2. The van der Waals surface area contributed by atoms with Crippen LogP contribution < -0.4 is 5.32 Å². The fourth-order valence-corrected chi connectivity index (χ4v) is 4.13. The molecule has 0 bridgehead atoms. The summed E-state index contributed by atoms with van der Waals surface area (Å²) in [6.45, 7) is 8.05. The molecule has 0 amide bonds. The highest BCUT2D eigenvalue weighted by Gasteiger charge is 2.30. The molecule has 96 valence electrons. The van der Waals surface area contributed by atoms with Gasteiger partial charge in [-0.05, 0) is 61.6 Å². The lowest BCUT2D eigenvalue weighted by Crippen LogP contribution is -2.27. The summed E-state index contributed by atoms with van der Waals surface area (Å²) in [6, 6.07) is 2.87. The number of rotatable bonds is 5. The van der Waals surface area contributed by atoms with Crippen molar-refractivity contribution in [2.75, 3.05) is 6.54 Å². The second-order valence-corrected chi connectivity index (χ2v) is 6.53. The van der Waals surface area contributed by atoms with Crippen molar-refractivity contribution < 1.29 is 0 Å². The molecule has 1 aromatic rings. The Morgan fingerprint density at radius 2 is 2.29 bits per heavy atom. The van der Waals surface area contributed by atoms with Gasteiger partial charge in [-0.15, -0.1) is 11.3 Å². The minimum absolute atomic E-state index is 0.611. The van der Waals surface area contributed by atoms with Gasteiger partial charge in [0.1, 0.15) is 0 Å². The highest BCUT2D eigenvalue weighted by atomic mass is 32.1. The normalized spacial score (nSPS) is 26.3. The average molecular weight is 251 g/mol. The van der Waals surface area contributed by atoms with E-state index < -0.39 is 0 Å². The minimum atomic E-state index is 0.611. The molecule has 1 aromatic heterocycles. The Bertz CT molecular complexity index is 344. The van der Waals surface area contributed by atoms with Crippen molar-refractivity contribution in [2.24, 2.45) is 11.8 Å². The van der Waals surface area contributed by atoms with Gasteiger partial charge in [-0.3, -0.25) is 0 Å². The summed E-state index contributed by atoms with van der Waals surface area (Å²) in [5, 5.41) is 6.03. The van der Waals surface area contributed by atoms with Gasteiger partial charge in [-0.1, -0.05) is 20.3 Å². The summed E-state index contributed by atoms with van der Waals surface area (Å²) in [5.74, 6) is 1.78. The maximum Gasteiger partial charge on any atom is 0.0446 e. The first-order valence-corrected chi connectivity index (χ1v) is 7.87. The number of aryl methyl sites for hydroxylation is 1. The van der Waals surface area contributed by atoms with Crippen molar-refractivity contribution in [1.82, 2.24) is 5.32 Å². The van der Waals surface area contributed by atoms with E-state index in [0.29, 0.717) is 6.04 Å². The number of hydrogen-bond donors (Lipinski definition) is 1. The van der Waals surface area contributed by atoms with Crippen LogP contribution in [0.1, 0.15) is 56.0 Å². The zero-order valence-corrected chi connectivity index (χ0v) is 12.1. The van der Waals surface area contributed by atoms with Crippen LogP contribution in [0.15, 0.2) is 11.4 Å². The first kappa shape index (κ1) is 13.1. The molecular formula is C15H25NS. The summed E-state index contributed by atoms with van der Waals surface area (Å²) in [4.78, 5) is 1.58. The van der Waals surface area contributed by atoms with Gasteiger partial charge < -0.3 is 5.32 Å². The molecule has 0 aliphatic heterocycles. The molecule has 0 spiro atoms. The van der Waals surface area contributed by atoms with Crippen molar-refractivity contribution >= 4 is 11.3 Å². The average Bonchev–Trinajstić information content (AvgIpc) is 2.90. The molecule has 3 unspecified atom stereocenters. The first-order chi connectivity index (χ1) is 8.22. The molecule has 1 saturated carbocycles. The van der Waals surface area contributed by atoms with E-state index in [4.69, 9.17) is 0 Å². The van der Waals surface area contributed by atoms with E-state index in [9.17, 15) is 0 Å². The Balaban J connectivity index is 2.10. The third-order valence-electron chi connectivity index (χ3n) is 4.01.